The lowest BCUT2D eigenvalue weighted by atomic mass is 10.0. The number of fused-ring (bicyclic) bond motifs is 1. The van der Waals surface area contributed by atoms with Gasteiger partial charge in [-0.05, 0) is 57.0 Å². The number of amides is 5. The fourth-order valence-corrected chi connectivity index (χ4v) is 5.32. The highest BCUT2D eigenvalue weighted by Gasteiger charge is 2.30. The standard InChI is InChI=1S/C36H52N6O6/c1-25(2)22-28-36(47)41-29(23-26-14-8-7-9-15-26)34(45)37-18-12-5-6-13-21-48-31-17-11-10-16-27(31)33(44)40-30(24-32(43)39-28)35(46)38-19-20-42(3)4/h7-11,14-17,25,28-30H,5-6,12-13,18-24H2,1-4H3,(H,37,45)(H,38,46)(H,39,43)(H,40,44)(H,41,47)/t28-,29-,30-/m0/s1. The average molecular weight is 665 g/mol. The maximum absolute atomic E-state index is 13.7. The fraction of sp³-hybridized carbons (Fsp3) is 0.528. The molecule has 5 amide bonds. The second-order valence-electron chi connectivity index (χ2n) is 12.9. The number of para-hydroxylation sites is 1. The Hall–Kier alpha value is -4.45. The Morgan fingerprint density at radius 3 is 2.31 bits per heavy atom. The summed E-state index contributed by atoms with van der Waals surface area (Å²) in [4.78, 5) is 69.2. The zero-order valence-corrected chi connectivity index (χ0v) is 28.7. The molecule has 0 radical (unpaired) electrons. The topological polar surface area (TPSA) is 158 Å². The van der Waals surface area contributed by atoms with E-state index in [4.69, 9.17) is 4.74 Å². The first-order chi connectivity index (χ1) is 23.0. The van der Waals surface area contributed by atoms with E-state index >= 15 is 0 Å². The summed E-state index contributed by atoms with van der Waals surface area (Å²) in [6.45, 7) is 5.55. The molecule has 0 spiro atoms. The summed E-state index contributed by atoms with van der Waals surface area (Å²) in [5.74, 6) is -2.07. The molecular weight excluding hydrogens is 612 g/mol. The average Bonchev–Trinajstić information content (AvgIpc) is 3.04. The molecule has 3 rings (SSSR count). The summed E-state index contributed by atoms with van der Waals surface area (Å²) in [7, 11) is 3.74. The number of nitrogens with one attached hydrogen (secondary N) is 5. The molecule has 5 N–H and O–H groups in total. The molecule has 2 aromatic rings. The first-order valence-electron chi connectivity index (χ1n) is 16.9. The van der Waals surface area contributed by atoms with Gasteiger partial charge in [-0.25, -0.2) is 0 Å². The van der Waals surface area contributed by atoms with Gasteiger partial charge in [-0.15, -0.1) is 0 Å². The molecule has 262 valence electrons. The second-order valence-corrected chi connectivity index (χ2v) is 12.9. The number of likely N-dealkylation sites (N-methyl/N-ethyl adjacent to an activating group) is 1. The van der Waals surface area contributed by atoms with Crippen molar-refractivity contribution >= 4 is 29.5 Å². The monoisotopic (exact) mass is 664 g/mol. The molecule has 0 bridgehead atoms. The summed E-state index contributed by atoms with van der Waals surface area (Å²) in [6.07, 6.45) is 3.38. The fourth-order valence-electron chi connectivity index (χ4n) is 5.32. The third kappa shape index (κ3) is 13.3. The van der Waals surface area contributed by atoms with Crippen LogP contribution >= 0.6 is 0 Å². The Bertz CT molecular complexity index is 1350. The molecule has 48 heavy (non-hydrogen) atoms. The zero-order valence-electron chi connectivity index (χ0n) is 28.7. The van der Waals surface area contributed by atoms with E-state index in [1.807, 2.05) is 63.2 Å². The van der Waals surface area contributed by atoms with E-state index in [1.54, 1.807) is 24.3 Å². The normalized spacial score (nSPS) is 20.7. The summed E-state index contributed by atoms with van der Waals surface area (Å²) >= 11 is 0. The minimum absolute atomic E-state index is 0.0262. The molecule has 0 aliphatic carbocycles. The van der Waals surface area contributed by atoms with Gasteiger partial charge in [0.2, 0.25) is 23.6 Å². The smallest absolute Gasteiger partial charge is 0.255 e. The highest BCUT2D eigenvalue weighted by molar-refractivity contribution is 6.01. The zero-order chi connectivity index (χ0) is 34.9. The first-order valence-corrected chi connectivity index (χ1v) is 16.9. The van der Waals surface area contributed by atoms with Crippen LogP contribution in [0.5, 0.6) is 5.75 Å². The number of ether oxygens (including phenoxy) is 1. The van der Waals surface area contributed by atoms with Crippen LogP contribution in [-0.2, 0) is 25.6 Å². The Kier molecular flexibility index (Phi) is 15.9. The van der Waals surface area contributed by atoms with Gasteiger partial charge >= 0.3 is 0 Å². The van der Waals surface area contributed by atoms with Crippen molar-refractivity contribution in [1.82, 2.24) is 31.5 Å². The highest BCUT2D eigenvalue weighted by atomic mass is 16.5. The molecule has 0 fully saturated rings. The van der Waals surface area contributed by atoms with E-state index in [0.717, 1.165) is 31.2 Å². The molecular formula is C36H52N6O6. The van der Waals surface area contributed by atoms with E-state index in [2.05, 4.69) is 26.6 Å². The van der Waals surface area contributed by atoms with Gasteiger partial charge < -0.3 is 36.2 Å². The Labute approximate surface area is 284 Å². The van der Waals surface area contributed by atoms with Gasteiger partial charge in [0.25, 0.3) is 5.91 Å². The Morgan fingerprint density at radius 1 is 0.875 bits per heavy atom. The van der Waals surface area contributed by atoms with Crippen LogP contribution < -0.4 is 31.3 Å². The van der Waals surface area contributed by atoms with Crippen LogP contribution in [0, 0.1) is 5.92 Å². The second kappa shape index (κ2) is 20.0. The highest BCUT2D eigenvalue weighted by Crippen LogP contribution is 2.19. The molecule has 0 saturated heterocycles. The van der Waals surface area contributed by atoms with E-state index in [-0.39, 0.29) is 23.8 Å². The molecule has 2 aromatic carbocycles. The van der Waals surface area contributed by atoms with Gasteiger partial charge in [-0.2, -0.15) is 0 Å². The van der Waals surface area contributed by atoms with Gasteiger partial charge in [0.15, 0.2) is 0 Å². The molecule has 0 aromatic heterocycles. The van der Waals surface area contributed by atoms with Crippen molar-refractivity contribution in [3.05, 3.63) is 65.7 Å². The van der Waals surface area contributed by atoms with Gasteiger partial charge in [-0.1, -0.05) is 69.2 Å². The quantitative estimate of drug-likeness (QED) is 0.290. The molecule has 1 heterocycles. The molecule has 1 aliphatic rings. The maximum atomic E-state index is 13.7. The van der Waals surface area contributed by atoms with E-state index < -0.39 is 48.2 Å². The first kappa shape index (κ1) is 38.0. The maximum Gasteiger partial charge on any atom is 0.255 e. The Morgan fingerprint density at radius 2 is 1.58 bits per heavy atom. The van der Waals surface area contributed by atoms with E-state index in [0.29, 0.717) is 38.4 Å². The van der Waals surface area contributed by atoms with Gasteiger partial charge in [-0.3, -0.25) is 24.0 Å². The van der Waals surface area contributed by atoms with Crippen molar-refractivity contribution in [3.63, 3.8) is 0 Å². The number of carbonyl (C=O) groups excluding carboxylic acids is 5. The van der Waals surface area contributed by atoms with Crippen LogP contribution in [0.1, 0.15) is 68.3 Å². The number of benzene rings is 2. The van der Waals surface area contributed by atoms with Crippen molar-refractivity contribution in [2.45, 2.75) is 76.9 Å². The lowest BCUT2D eigenvalue weighted by Crippen LogP contribution is -2.56. The van der Waals surface area contributed by atoms with E-state index in [9.17, 15) is 24.0 Å². The summed E-state index contributed by atoms with van der Waals surface area (Å²) in [5, 5.41) is 14.1. The van der Waals surface area contributed by atoms with E-state index in [1.165, 1.54) is 0 Å². The molecule has 1 aliphatic heterocycles. The minimum Gasteiger partial charge on any atom is -0.493 e. The van der Waals surface area contributed by atoms with Crippen molar-refractivity contribution in [2.75, 3.05) is 40.3 Å². The van der Waals surface area contributed by atoms with Crippen LogP contribution in [0.3, 0.4) is 0 Å². The van der Waals surface area contributed by atoms with Crippen molar-refractivity contribution in [3.8, 4) is 5.75 Å². The van der Waals surface area contributed by atoms with Crippen molar-refractivity contribution in [1.29, 1.82) is 0 Å². The summed E-state index contributed by atoms with van der Waals surface area (Å²) in [6, 6.07) is 13.1. The SMILES string of the molecule is CC(C)C[C@@H]1NC(=O)C[C@@H](C(=O)NCCN(C)C)NC(=O)c2ccccc2OCCCCCCNC(=O)[C@H](Cc2ccccc2)NC1=O. The van der Waals surface area contributed by atoms with Crippen LogP contribution in [0.15, 0.2) is 54.6 Å². The number of rotatable bonds is 8. The third-order valence-electron chi connectivity index (χ3n) is 7.90. The van der Waals surface area contributed by atoms with Crippen molar-refractivity contribution < 1.29 is 28.7 Å². The number of hydrogen-bond acceptors (Lipinski definition) is 7. The summed E-state index contributed by atoms with van der Waals surface area (Å²) in [5.41, 5.74) is 1.13. The van der Waals surface area contributed by atoms with Crippen LogP contribution in [0.2, 0.25) is 0 Å². The molecule has 0 saturated carbocycles. The molecule has 3 atom stereocenters. The van der Waals surface area contributed by atoms with Crippen LogP contribution in [0.25, 0.3) is 0 Å². The minimum atomic E-state index is -1.22. The third-order valence-corrected chi connectivity index (χ3v) is 7.90. The van der Waals surface area contributed by atoms with Gasteiger partial charge in [0.05, 0.1) is 18.6 Å². The number of carbonyl (C=O) groups is 5. The van der Waals surface area contributed by atoms with Gasteiger partial charge in [0.1, 0.15) is 23.9 Å². The molecule has 0 unspecified atom stereocenters. The lowest BCUT2D eigenvalue weighted by molar-refractivity contribution is -0.133. The lowest BCUT2D eigenvalue weighted by Gasteiger charge is -2.25. The van der Waals surface area contributed by atoms with Crippen LogP contribution in [0.4, 0.5) is 0 Å². The number of hydrogen-bond donors (Lipinski definition) is 5. The largest absolute Gasteiger partial charge is 0.493 e. The van der Waals surface area contributed by atoms with Gasteiger partial charge in [0, 0.05) is 26.1 Å². The van der Waals surface area contributed by atoms with Crippen LogP contribution in [-0.4, -0.2) is 92.9 Å². The molecule has 12 nitrogen and oxygen atoms in total. The van der Waals surface area contributed by atoms with Crippen molar-refractivity contribution in [2.24, 2.45) is 5.92 Å². The number of nitrogens with zero attached hydrogens (tertiary/aromatic N) is 1. The predicted molar refractivity (Wildman–Crippen MR) is 184 cm³/mol. The molecule has 12 heteroatoms. The Balaban J connectivity index is 1.88. The summed E-state index contributed by atoms with van der Waals surface area (Å²) < 4.78 is 5.95. The predicted octanol–water partition coefficient (Wildman–Crippen LogP) is 2.18.